The predicted molar refractivity (Wildman–Crippen MR) is 66.0 cm³/mol. The van der Waals surface area contributed by atoms with E-state index in [0.29, 0.717) is 5.41 Å². The number of rotatable bonds is 5. The van der Waals surface area contributed by atoms with Crippen LogP contribution in [0.15, 0.2) is 0 Å². The maximum absolute atomic E-state index is 8.81. The van der Waals surface area contributed by atoms with Crippen molar-refractivity contribution in [2.45, 2.75) is 51.4 Å². The van der Waals surface area contributed by atoms with Gasteiger partial charge in [0, 0.05) is 19.5 Å². The van der Waals surface area contributed by atoms with Crippen molar-refractivity contribution in [3.8, 4) is 6.07 Å². The highest BCUT2D eigenvalue weighted by Gasteiger charge is 2.43. The predicted octanol–water partition coefficient (Wildman–Crippen LogP) is 3.19. The molecule has 0 bridgehead atoms. The van der Waals surface area contributed by atoms with Crippen LogP contribution in [0.1, 0.15) is 51.4 Å². The Bertz CT molecular complexity index is 256. The Balaban J connectivity index is 1.71. The third kappa shape index (κ3) is 3.22. The van der Waals surface area contributed by atoms with Gasteiger partial charge < -0.3 is 4.90 Å². The first kappa shape index (κ1) is 11.9. The van der Waals surface area contributed by atoms with Crippen LogP contribution in [-0.2, 0) is 0 Å². The first-order valence-corrected chi connectivity index (χ1v) is 6.80. The van der Waals surface area contributed by atoms with E-state index in [4.69, 9.17) is 5.26 Å². The smallest absolute Gasteiger partial charge is 0.0628 e. The van der Waals surface area contributed by atoms with Gasteiger partial charge in [-0.15, -0.1) is 0 Å². The molecule has 2 fully saturated rings. The molecule has 0 aromatic heterocycles. The van der Waals surface area contributed by atoms with Crippen molar-refractivity contribution in [2.75, 3.05) is 20.1 Å². The van der Waals surface area contributed by atoms with Crippen LogP contribution in [0.4, 0.5) is 0 Å². The van der Waals surface area contributed by atoms with E-state index in [-0.39, 0.29) is 0 Å². The van der Waals surface area contributed by atoms with Crippen molar-refractivity contribution in [3.63, 3.8) is 0 Å². The lowest BCUT2D eigenvalue weighted by atomic mass is 9.88. The molecule has 0 N–H and O–H groups in total. The van der Waals surface area contributed by atoms with E-state index in [1.807, 2.05) is 0 Å². The standard InChI is InChI=1S/C14H24N2/c1-16(11-13-5-3-2-4-6-13)12-14(7-8-14)9-10-15/h13H,2-9,11-12H2,1H3. The summed E-state index contributed by atoms with van der Waals surface area (Å²) in [5.41, 5.74) is 0.387. The summed E-state index contributed by atoms with van der Waals surface area (Å²) < 4.78 is 0. The number of hydrogen-bond donors (Lipinski definition) is 0. The Kier molecular flexibility index (Phi) is 3.86. The second-order valence-electron chi connectivity index (χ2n) is 6.04. The second-order valence-corrected chi connectivity index (χ2v) is 6.04. The molecule has 16 heavy (non-hydrogen) atoms. The van der Waals surface area contributed by atoms with Crippen LogP contribution in [0.3, 0.4) is 0 Å². The van der Waals surface area contributed by atoms with E-state index in [1.165, 1.54) is 51.5 Å². The van der Waals surface area contributed by atoms with Gasteiger partial charge in [0.2, 0.25) is 0 Å². The summed E-state index contributed by atoms with van der Waals surface area (Å²) in [6.07, 6.45) is 10.5. The minimum absolute atomic E-state index is 0.387. The summed E-state index contributed by atoms with van der Waals surface area (Å²) in [7, 11) is 2.24. The molecule has 2 aliphatic carbocycles. The monoisotopic (exact) mass is 220 g/mol. The molecular formula is C14H24N2. The maximum Gasteiger partial charge on any atom is 0.0628 e. The van der Waals surface area contributed by atoms with Crippen LogP contribution in [0.2, 0.25) is 0 Å². The minimum Gasteiger partial charge on any atom is -0.306 e. The molecule has 0 spiro atoms. The fourth-order valence-corrected chi connectivity index (χ4v) is 3.18. The van der Waals surface area contributed by atoms with Gasteiger partial charge in [-0.2, -0.15) is 5.26 Å². The largest absolute Gasteiger partial charge is 0.306 e. The number of nitriles is 1. The second kappa shape index (κ2) is 5.19. The fourth-order valence-electron chi connectivity index (χ4n) is 3.18. The summed E-state index contributed by atoms with van der Waals surface area (Å²) in [4.78, 5) is 2.49. The van der Waals surface area contributed by atoms with E-state index in [1.54, 1.807) is 0 Å². The minimum atomic E-state index is 0.387. The quantitative estimate of drug-likeness (QED) is 0.711. The van der Waals surface area contributed by atoms with E-state index < -0.39 is 0 Å². The van der Waals surface area contributed by atoms with Crippen molar-refractivity contribution in [1.82, 2.24) is 4.90 Å². The number of hydrogen-bond acceptors (Lipinski definition) is 2. The number of nitrogens with zero attached hydrogens (tertiary/aromatic N) is 2. The Labute approximate surface area is 99.6 Å². The van der Waals surface area contributed by atoms with Crippen LogP contribution < -0.4 is 0 Å². The first-order chi connectivity index (χ1) is 7.74. The molecule has 0 heterocycles. The van der Waals surface area contributed by atoms with Crippen molar-refractivity contribution < 1.29 is 0 Å². The third-order valence-electron chi connectivity index (χ3n) is 4.31. The van der Waals surface area contributed by atoms with Crippen LogP contribution in [0.25, 0.3) is 0 Å². The summed E-state index contributed by atoms with van der Waals surface area (Å²) in [6, 6.07) is 2.35. The van der Waals surface area contributed by atoms with Crippen LogP contribution in [0, 0.1) is 22.7 Å². The van der Waals surface area contributed by atoms with E-state index in [2.05, 4.69) is 18.0 Å². The van der Waals surface area contributed by atoms with Crippen molar-refractivity contribution in [3.05, 3.63) is 0 Å². The topological polar surface area (TPSA) is 27.0 Å². The van der Waals surface area contributed by atoms with Crippen LogP contribution in [-0.4, -0.2) is 25.0 Å². The van der Waals surface area contributed by atoms with Gasteiger partial charge in [0.25, 0.3) is 0 Å². The molecule has 2 nitrogen and oxygen atoms in total. The molecule has 2 heteroatoms. The Morgan fingerprint density at radius 1 is 1.25 bits per heavy atom. The SMILES string of the molecule is CN(CC1CCCCC1)CC1(CC#N)CC1. The lowest BCUT2D eigenvalue weighted by Gasteiger charge is -2.29. The van der Waals surface area contributed by atoms with Gasteiger partial charge in [-0.1, -0.05) is 19.3 Å². The van der Waals surface area contributed by atoms with Gasteiger partial charge >= 0.3 is 0 Å². The molecule has 0 aromatic carbocycles. The highest BCUT2D eigenvalue weighted by atomic mass is 15.1. The van der Waals surface area contributed by atoms with Gasteiger partial charge in [0.15, 0.2) is 0 Å². The van der Waals surface area contributed by atoms with Crippen molar-refractivity contribution in [1.29, 1.82) is 5.26 Å². The zero-order chi connectivity index (χ0) is 11.4. The zero-order valence-electron chi connectivity index (χ0n) is 10.5. The highest BCUT2D eigenvalue weighted by Crippen LogP contribution is 2.49. The van der Waals surface area contributed by atoms with Gasteiger partial charge in [0.05, 0.1) is 6.07 Å². The maximum atomic E-state index is 8.81. The molecule has 0 aromatic rings. The molecule has 0 amide bonds. The lowest BCUT2D eigenvalue weighted by Crippen LogP contribution is -2.32. The average Bonchev–Trinajstić information content (AvgIpc) is 2.99. The molecule has 0 saturated heterocycles. The summed E-state index contributed by atoms with van der Waals surface area (Å²) in [5, 5.41) is 8.81. The summed E-state index contributed by atoms with van der Waals surface area (Å²) in [6.45, 7) is 2.41. The molecule has 0 unspecified atom stereocenters. The molecule has 2 aliphatic rings. The molecule has 0 atom stereocenters. The van der Waals surface area contributed by atoms with E-state index in [9.17, 15) is 0 Å². The van der Waals surface area contributed by atoms with Gasteiger partial charge in [0.1, 0.15) is 0 Å². The van der Waals surface area contributed by atoms with Gasteiger partial charge in [-0.3, -0.25) is 0 Å². The highest BCUT2D eigenvalue weighted by molar-refractivity contribution is 5.00. The average molecular weight is 220 g/mol. The molecule has 0 aliphatic heterocycles. The molecule has 90 valence electrons. The Hall–Kier alpha value is -0.550. The molecule has 0 radical (unpaired) electrons. The van der Waals surface area contributed by atoms with Crippen LogP contribution in [0.5, 0.6) is 0 Å². The summed E-state index contributed by atoms with van der Waals surface area (Å²) >= 11 is 0. The van der Waals surface area contributed by atoms with E-state index in [0.717, 1.165) is 18.9 Å². The van der Waals surface area contributed by atoms with Crippen LogP contribution >= 0.6 is 0 Å². The van der Waals surface area contributed by atoms with Crippen molar-refractivity contribution in [2.24, 2.45) is 11.3 Å². The van der Waals surface area contributed by atoms with Gasteiger partial charge in [-0.25, -0.2) is 0 Å². The molecule has 2 saturated carbocycles. The van der Waals surface area contributed by atoms with Crippen molar-refractivity contribution >= 4 is 0 Å². The first-order valence-electron chi connectivity index (χ1n) is 6.80. The lowest BCUT2D eigenvalue weighted by molar-refractivity contribution is 0.201. The molecular weight excluding hydrogens is 196 g/mol. The third-order valence-corrected chi connectivity index (χ3v) is 4.31. The summed E-state index contributed by atoms with van der Waals surface area (Å²) in [5.74, 6) is 0.927. The van der Waals surface area contributed by atoms with Gasteiger partial charge in [-0.05, 0) is 44.1 Å². The van der Waals surface area contributed by atoms with E-state index >= 15 is 0 Å². The zero-order valence-corrected chi connectivity index (χ0v) is 10.5. The normalized spacial score (nSPS) is 24.3. The molecule has 2 rings (SSSR count). The fraction of sp³-hybridized carbons (Fsp3) is 0.929. The Morgan fingerprint density at radius 3 is 2.50 bits per heavy atom. The Morgan fingerprint density at radius 2 is 1.94 bits per heavy atom.